The fourth-order valence-electron chi connectivity index (χ4n) is 6.08. The van der Waals surface area contributed by atoms with E-state index in [-0.39, 0.29) is 17.0 Å². The van der Waals surface area contributed by atoms with Crippen LogP contribution < -0.4 is 15.7 Å². The number of fused-ring (bicyclic) bond motifs is 3. The third-order valence-corrected chi connectivity index (χ3v) is 10.7. The molecular formula is C32H26BrIN2O6. The predicted molar refractivity (Wildman–Crippen MR) is 175 cm³/mol. The minimum absolute atomic E-state index is 0.0121. The third kappa shape index (κ3) is 4.43. The summed E-state index contributed by atoms with van der Waals surface area (Å²) in [7, 11) is 0. The SMILES string of the molecule is CC1(C)[C@@H](c2c(O)c3ccccc3oc2=O)c2cc(OCCBr)ccc2NC1(I)c1cccc2ccc([N+](=O)[O-])cc12. The number of para-hydroxylation sites is 1. The maximum atomic E-state index is 13.7. The van der Waals surface area contributed by atoms with E-state index in [9.17, 15) is 20.0 Å². The first kappa shape index (κ1) is 28.5. The highest BCUT2D eigenvalue weighted by atomic mass is 127. The lowest BCUT2D eigenvalue weighted by molar-refractivity contribution is -0.384. The Bertz CT molecular complexity index is 1940. The normalized spacial score (nSPS) is 19.3. The maximum absolute atomic E-state index is 13.7. The van der Waals surface area contributed by atoms with Gasteiger partial charge in [-0.25, -0.2) is 4.79 Å². The summed E-state index contributed by atoms with van der Waals surface area (Å²) >= 11 is 5.75. The smallest absolute Gasteiger partial charge is 0.343 e. The largest absolute Gasteiger partial charge is 0.507 e. The molecule has 1 aliphatic rings. The van der Waals surface area contributed by atoms with Crippen molar-refractivity contribution in [2.75, 3.05) is 17.3 Å². The van der Waals surface area contributed by atoms with Gasteiger partial charge in [0.25, 0.3) is 5.69 Å². The number of anilines is 1. The molecule has 2 atom stereocenters. The molecule has 0 spiro atoms. The summed E-state index contributed by atoms with van der Waals surface area (Å²) in [6, 6.07) is 23.2. The van der Waals surface area contributed by atoms with Gasteiger partial charge in [0.15, 0.2) is 0 Å². The van der Waals surface area contributed by atoms with Gasteiger partial charge in [-0.1, -0.05) is 60.1 Å². The van der Waals surface area contributed by atoms with Gasteiger partial charge in [0, 0.05) is 34.5 Å². The minimum atomic E-state index is -0.903. The highest BCUT2D eigenvalue weighted by Gasteiger charge is 2.56. The topological polar surface area (TPSA) is 115 Å². The number of nitro benzene ring substituents is 1. The van der Waals surface area contributed by atoms with Crippen LogP contribution in [0.25, 0.3) is 21.7 Å². The van der Waals surface area contributed by atoms with E-state index >= 15 is 0 Å². The molecule has 2 N–H and O–H groups in total. The molecule has 5 aromatic rings. The van der Waals surface area contributed by atoms with E-state index in [2.05, 4.69) is 43.8 Å². The van der Waals surface area contributed by atoms with Crippen LogP contribution in [0.4, 0.5) is 11.4 Å². The average molecular weight is 741 g/mol. The molecule has 10 heteroatoms. The van der Waals surface area contributed by atoms with E-state index < -0.39 is 25.4 Å². The number of non-ortho nitro benzene ring substituents is 1. The molecule has 2 heterocycles. The van der Waals surface area contributed by atoms with Crippen molar-refractivity contribution in [2.45, 2.75) is 23.3 Å². The van der Waals surface area contributed by atoms with Gasteiger partial charge in [-0.15, -0.1) is 0 Å². The zero-order valence-electron chi connectivity index (χ0n) is 22.7. The molecule has 4 aromatic carbocycles. The van der Waals surface area contributed by atoms with Crippen molar-refractivity contribution in [3.8, 4) is 11.5 Å². The molecule has 214 valence electrons. The van der Waals surface area contributed by atoms with Gasteiger partial charge in [0.1, 0.15) is 20.6 Å². The number of ether oxygens (including phenoxy) is 1. The highest BCUT2D eigenvalue weighted by molar-refractivity contribution is 14.1. The van der Waals surface area contributed by atoms with Gasteiger partial charge in [0.05, 0.1) is 22.5 Å². The summed E-state index contributed by atoms with van der Waals surface area (Å²) in [5, 5.41) is 29.8. The van der Waals surface area contributed by atoms with E-state index in [0.29, 0.717) is 28.7 Å². The minimum Gasteiger partial charge on any atom is -0.507 e. The van der Waals surface area contributed by atoms with Crippen molar-refractivity contribution < 1.29 is 19.2 Å². The second kappa shape index (κ2) is 10.6. The van der Waals surface area contributed by atoms with E-state index in [1.165, 1.54) is 6.07 Å². The van der Waals surface area contributed by atoms with Gasteiger partial charge in [-0.2, -0.15) is 0 Å². The molecule has 0 saturated heterocycles. The Morgan fingerprint density at radius 1 is 1.07 bits per heavy atom. The van der Waals surface area contributed by atoms with Gasteiger partial charge in [-0.3, -0.25) is 10.1 Å². The molecule has 8 nitrogen and oxygen atoms in total. The van der Waals surface area contributed by atoms with E-state index in [0.717, 1.165) is 27.6 Å². The van der Waals surface area contributed by atoms with Crippen molar-refractivity contribution in [1.82, 2.24) is 0 Å². The number of alkyl halides is 2. The van der Waals surface area contributed by atoms with Crippen LogP contribution in [0.2, 0.25) is 0 Å². The molecule has 0 saturated carbocycles. The molecule has 0 fully saturated rings. The van der Waals surface area contributed by atoms with E-state index in [1.807, 2.05) is 50.2 Å². The number of hydrogen-bond donors (Lipinski definition) is 2. The molecule has 0 bridgehead atoms. The molecule has 6 rings (SSSR count). The molecule has 1 aromatic heterocycles. The summed E-state index contributed by atoms with van der Waals surface area (Å²) in [6.45, 7) is 4.50. The number of hydrogen-bond acceptors (Lipinski definition) is 7. The first-order valence-corrected chi connectivity index (χ1v) is 15.5. The highest BCUT2D eigenvalue weighted by Crippen LogP contribution is 2.63. The quantitative estimate of drug-likeness (QED) is 0.0451. The third-order valence-electron chi connectivity index (χ3n) is 8.15. The Kier molecular flexibility index (Phi) is 7.17. The van der Waals surface area contributed by atoms with Crippen molar-refractivity contribution in [1.29, 1.82) is 0 Å². The van der Waals surface area contributed by atoms with Crippen molar-refractivity contribution in [3.63, 3.8) is 0 Å². The van der Waals surface area contributed by atoms with Gasteiger partial charge >= 0.3 is 5.63 Å². The standard InChI is InChI=1S/C32H26BrIN2O6/c1-31(2)28(27-29(37)21-7-3-4-9-26(21)42-30(27)38)23-17-20(41-15-14-33)12-13-25(23)35-32(31,34)24-8-5-6-18-10-11-19(36(39)40)16-22(18)24/h3-13,16-17,28,35,37H,14-15H2,1-2H3/t28-,32?/m1/s1. The zero-order chi connectivity index (χ0) is 29.8. The summed E-state index contributed by atoms with van der Waals surface area (Å²) in [6.07, 6.45) is 0. The average Bonchev–Trinajstić information content (AvgIpc) is 2.97. The molecule has 42 heavy (non-hydrogen) atoms. The Morgan fingerprint density at radius 2 is 1.86 bits per heavy atom. The zero-order valence-corrected chi connectivity index (χ0v) is 26.4. The molecule has 0 amide bonds. The fraction of sp³-hybridized carbons (Fsp3) is 0.219. The van der Waals surface area contributed by atoms with Crippen LogP contribution in [0.3, 0.4) is 0 Å². The first-order chi connectivity index (χ1) is 20.1. The van der Waals surface area contributed by atoms with Crippen LogP contribution in [-0.4, -0.2) is 22.0 Å². The lowest BCUT2D eigenvalue weighted by atomic mass is 9.62. The number of rotatable bonds is 6. The van der Waals surface area contributed by atoms with Crippen LogP contribution >= 0.6 is 38.5 Å². The van der Waals surface area contributed by atoms with Gasteiger partial charge in [-0.05, 0) is 80.9 Å². The fourth-order valence-corrected chi connectivity index (χ4v) is 7.32. The van der Waals surface area contributed by atoms with Gasteiger partial charge < -0.3 is 19.6 Å². The lowest BCUT2D eigenvalue weighted by Crippen LogP contribution is -2.51. The van der Waals surface area contributed by atoms with Crippen molar-refractivity contribution in [2.24, 2.45) is 5.41 Å². The second-order valence-corrected chi connectivity index (χ2v) is 13.3. The summed E-state index contributed by atoms with van der Waals surface area (Å²) < 4.78 is 10.8. The van der Waals surface area contributed by atoms with Crippen molar-refractivity contribution >= 4 is 71.6 Å². The predicted octanol–water partition coefficient (Wildman–Crippen LogP) is 8.21. The lowest BCUT2D eigenvalue weighted by Gasteiger charge is -2.53. The number of nitro groups is 1. The van der Waals surface area contributed by atoms with Crippen molar-refractivity contribution in [3.05, 3.63) is 116 Å². The van der Waals surface area contributed by atoms with Crippen LogP contribution in [0, 0.1) is 15.5 Å². The number of benzene rings is 4. The van der Waals surface area contributed by atoms with Crippen LogP contribution in [-0.2, 0) is 3.55 Å². The Morgan fingerprint density at radius 3 is 2.62 bits per heavy atom. The molecule has 0 radical (unpaired) electrons. The Balaban J connectivity index is 1.66. The van der Waals surface area contributed by atoms with E-state index in [1.54, 1.807) is 36.4 Å². The van der Waals surface area contributed by atoms with Crippen LogP contribution in [0.15, 0.2) is 88.1 Å². The first-order valence-electron chi connectivity index (χ1n) is 13.3. The number of nitrogens with zero attached hydrogens (tertiary/aromatic N) is 1. The number of halogens is 2. The number of aromatic hydroxyl groups is 1. The molecule has 1 unspecified atom stereocenters. The van der Waals surface area contributed by atoms with Crippen LogP contribution in [0.1, 0.15) is 36.5 Å². The van der Waals surface area contributed by atoms with E-state index in [4.69, 9.17) is 9.15 Å². The Hall–Kier alpha value is -3.64. The second-order valence-electron chi connectivity index (χ2n) is 10.8. The molecule has 0 aliphatic carbocycles. The van der Waals surface area contributed by atoms with Crippen LogP contribution in [0.5, 0.6) is 11.5 Å². The van der Waals surface area contributed by atoms with Gasteiger partial charge in [0.2, 0.25) is 0 Å². The summed E-state index contributed by atoms with van der Waals surface area (Å²) in [5.74, 6) is -0.165. The maximum Gasteiger partial charge on any atom is 0.343 e. The molecule has 1 aliphatic heterocycles. The molecular weight excluding hydrogens is 715 g/mol. The summed E-state index contributed by atoms with van der Waals surface area (Å²) in [4.78, 5) is 25.1. The number of nitrogens with one attached hydrogen (secondary N) is 1. The Labute approximate surface area is 263 Å². The summed E-state index contributed by atoms with van der Waals surface area (Å²) in [5.41, 5.74) is 1.31. The monoisotopic (exact) mass is 740 g/mol.